The van der Waals surface area contributed by atoms with Gasteiger partial charge in [-0.15, -0.1) is 0 Å². The van der Waals surface area contributed by atoms with Crippen LogP contribution in [0.25, 0.3) is 0 Å². The second-order valence-corrected chi connectivity index (χ2v) is 1.78. The van der Waals surface area contributed by atoms with Crippen LogP contribution in [0.2, 0.25) is 0 Å². The second-order valence-electron chi connectivity index (χ2n) is 1.78. The highest BCUT2D eigenvalue weighted by Gasteiger charge is 1.91. The topological polar surface area (TPSA) is 29.5 Å². The predicted octanol–water partition coefficient (Wildman–Crippen LogP) is 0.608. The molecule has 1 N–H and O–H groups in total. The van der Waals surface area contributed by atoms with Gasteiger partial charge in [-0.05, 0) is 13.3 Å². The van der Waals surface area contributed by atoms with Crippen molar-refractivity contribution in [3.63, 3.8) is 0 Å². The van der Waals surface area contributed by atoms with Gasteiger partial charge in [0.15, 0.2) is 0 Å². The van der Waals surface area contributed by atoms with E-state index >= 15 is 0 Å². The molecule has 1 atom stereocenters. The summed E-state index contributed by atoms with van der Waals surface area (Å²) in [6.07, 6.45) is 0.425. The van der Waals surface area contributed by atoms with E-state index in [1.54, 1.807) is 6.92 Å². The van der Waals surface area contributed by atoms with Gasteiger partial charge in [0.05, 0.1) is 12.7 Å². The summed E-state index contributed by atoms with van der Waals surface area (Å²) < 4.78 is 4.93. The largest absolute Gasteiger partial charge is 0.391 e. The third kappa shape index (κ3) is 5.92. The third-order valence-electron chi connectivity index (χ3n) is 0.648. The van der Waals surface area contributed by atoms with Crippen molar-refractivity contribution in [3.05, 3.63) is 6.92 Å². The Bertz CT molecular complexity index is 43.8. The van der Waals surface area contributed by atoms with Crippen molar-refractivity contribution in [2.45, 2.75) is 19.4 Å². The maximum atomic E-state index is 8.63. The fraction of sp³-hybridized carbons (Fsp3) is 0.833. The van der Waals surface area contributed by atoms with Gasteiger partial charge in [-0.25, -0.2) is 0 Å². The van der Waals surface area contributed by atoms with E-state index in [1.807, 2.05) is 0 Å². The molecule has 0 spiro atoms. The molecule has 0 amide bonds. The number of hydrogen-bond acceptors (Lipinski definition) is 2. The van der Waals surface area contributed by atoms with Gasteiger partial charge in [0.1, 0.15) is 0 Å². The fourth-order valence-corrected chi connectivity index (χ4v) is 0.356. The van der Waals surface area contributed by atoms with Crippen LogP contribution in [-0.2, 0) is 4.74 Å². The van der Waals surface area contributed by atoms with E-state index in [-0.39, 0.29) is 6.10 Å². The van der Waals surface area contributed by atoms with Crippen LogP contribution in [0.15, 0.2) is 0 Å². The maximum absolute atomic E-state index is 8.63. The zero-order chi connectivity index (χ0) is 6.41. The first-order chi connectivity index (χ1) is 3.77. The van der Waals surface area contributed by atoms with E-state index < -0.39 is 0 Å². The summed E-state index contributed by atoms with van der Waals surface area (Å²) in [6.45, 7) is 6.34. The number of rotatable bonds is 4. The normalized spacial score (nSPS) is 13.9. The van der Waals surface area contributed by atoms with Crippen molar-refractivity contribution in [3.8, 4) is 0 Å². The van der Waals surface area contributed by atoms with Crippen LogP contribution < -0.4 is 0 Å². The average Bonchev–Trinajstić information content (AvgIpc) is 1.66. The monoisotopic (exact) mass is 117 g/mol. The molecule has 1 radical (unpaired) electrons. The number of aliphatic hydroxyl groups excluding tert-OH is 1. The van der Waals surface area contributed by atoms with Crippen LogP contribution >= 0.6 is 0 Å². The molecule has 0 saturated heterocycles. The first-order valence-corrected chi connectivity index (χ1v) is 2.82. The number of ether oxygens (including phenoxy) is 1. The van der Waals surface area contributed by atoms with Crippen LogP contribution in [0.4, 0.5) is 0 Å². The average molecular weight is 117 g/mol. The van der Waals surface area contributed by atoms with E-state index in [2.05, 4.69) is 6.92 Å². The molecule has 0 saturated carbocycles. The van der Waals surface area contributed by atoms with Gasteiger partial charge in [-0.3, -0.25) is 0 Å². The van der Waals surface area contributed by atoms with E-state index in [0.29, 0.717) is 13.2 Å². The standard InChI is InChI=1S/C6H13O2/c1-3-4-8-5-6(2)7/h6-7H,1,3-5H2,2H3. The van der Waals surface area contributed by atoms with Gasteiger partial charge in [-0.2, -0.15) is 0 Å². The quantitative estimate of drug-likeness (QED) is 0.546. The number of hydrogen-bond donors (Lipinski definition) is 1. The molecule has 0 aliphatic rings. The van der Waals surface area contributed by atoms with Crippen LogP contribution in [0.3, 0.4) is 0 Å². The highest BCUT2D eigenvalue weighted by molar-refractivity contribution is 4.42. The Labute approximate surface area is 50.5 Å². The lowest BCUT2D eigenvalue weighted by molar-refractivity contribution is 0.0483. The molecule has 0 aliphatic carbocycles. The molecule has 0 aromatic rings. The Hall–Kier alpha value is -0.0800. The van der Waals surface area contributed by atoms with Crippen LogP contribution in [0.5, 0.6) is 0 Å². The zero-order valence-electron chi connectivity index (χ0n) is 5.26. The Kier molecular flexibility index (Phi) is 5.01. The minimum atomic E-state index is -0.346. The van der Waals surface area contributed by atoms with Crippen LogP contribution in [0.1, 0.15) is 13.3 Å². The molecule has 2 heteroatoms. The molecule has 8 heavy (non-hydrogen) atoms. The molecular formula is C6H13O2. The van der Waals surface area contributed by atoms with Crippen molar-refractivity contribution in [1.29, 1.82) is 0 Å². The van der Waals surface area contributed by atoms with Crippen molar-refractivity contribution in [1.82, 2.24) is 0 Å². The van der Waals surface area contributed by atoms with Crippen molar-refractivity contribution in [2.24, 2.45) is 0 Å². The summed E-state index contributed by atoms with van der Waals surface area (Å²) >= 11 is 0. The minimum absolute atomic E-state index is 0.346. The molecular weight excluding hydrogens is 104 g/mol. The molecule has 1 unspecified atom stereocenters. The Morgan fingerprint density at radius 2 is 2.38 bits per heavy atom. The second kappa shape index (κ2) is 5.06. The van der Waals surface area contributed by atoms with E-state index in [4.69, 9.17) is 9.84 Å². The summed E-state index contributed by atoms with van der Waals surface area (Å²) in [6, 6.07) is 0. The van der Waals surface area contributed by atoms with E-state index in [9.17, 15) is 0 Å². The lowest BCUT2D eigenvalue weighted by atomic mass is 10.4. The lowest BCUT2D eigenvalue weighted by Gasteiger charge is -2.02. The van der Waals surface area contributed by atoms with Crippen LogP contribution in [0, 0.1) is 6.92 Å². The number of aliphatic hydroxyl groups is 1. The molecule has 0 heterocycles. The van der Waals surface area contributed by atoms with Gasteiger partial charge in [-0.1, -0.05) is 6.92 Å². The molecule has 0 rings (SSSR count). The zero-order valence-corrected chi connectivity index (χ0v) is 5.26. The van der Waals surface area contributed by atoms with Gasteiger partial charge >= 0.3 is 0 Å². The van der Waals surface area contributed by atoms with Crippen molar-refractivity contribution < 1.29 is 9.84 Å². The Morgan fingerprint density at radius 1 is 1.75 bits per heavy atom. The SMILES string of the molecule is [CH2]CCOCC(C)O. The molecule has 0 aromatic carbocycles. The summed E-state index contributed by atoms with van der Waals surface area (Å²) in [4.78, 5) is 0. The maximum Gasteiger partial charge on any atom is 0.0745 e. The van der Waals surface area contributed by atoms with Gasteiger partial charge < -0.3 is 9.84 Å². The summed E-state index contributed by atoms with van der Waals surface area (Å²) in [5, 5.41) is 8.63. The summed E-state index contributed by atoms with van der Waals surface area (Å²) in [7, 11) is 0. The first-order valence-electron chi connectivity index (χ1n) is 2.82. The lowest BCUT2D eigenvalue weighted by Crippen LogP contribution is -2.10. The fourth-order valence-electron chi connectivity index (χ4n) is 0.356. The van der Waals surface area contributed by atoms with Gasteiger partial charge in [0.25, 0.3) is 0 Å². The van der Waals surface area contributed by atoms with E-state index in [0.717, 1.165) is 6.42 Å². The summed E-state index contributed by atoms with van der Waals surface area (Å²) in [5.74, 6) is 0. The van der Waals surface area contributed by atoms with Gasteiger partial charge in [0.2, 0.25) is 0 Å². The third-order valence-corrected chi connectivity index (χ3v) is 0.648. The molecule has 49 valence electrons. The van der Waals surface area contributed by atoms with Gasteiger partial charge in [0, 0.05) is 6.61 Å². The molecule has 0 aliphatic heterocycles. The summed E-state index contributed by atoms with van der Waals surface area (Å²) in [5.41, 5.74) is 0. The smallest absolute Gasteiger partial charge is 0.0745 e. The van der Waals surface area contributed by atoms with Crippen molar-refractivity contribution in [2.75, 3.05) is 13.2 Å². The Morgan fingerprint density at radius 3 is 2.75 bits per heavy atom. The van der Waals surface area contributed by atoms with Crippen LogP contribution in [-0.4, -0.2) is 24.4 Å². The van der Waals surface area contributed by atoms with Crippen molar-refractivity contribution >= 4 is 0 Å². The molecule has 0 fully saturated rings. The minimum Gasteiger partial charge on any atom is -0.391 e. The highest BCUT2D eigenvalue weighted by Crippen LogP contribution is 1.83. The Balaban J connectivity index is 2.72. The molecule has 0 bridgehead atoms. The molecule has 0 aromatic heterocycles. The molecule has 2 nitrogen and oxygen atoms in total. The highest BCUT2D eigenvalue weighted by atomic mass is 16.5. The predicted molar refractivity (Wildman–Crippen MR) is 32.5 cm³/mol. The first kappa shape index (κ1) is 7.92. The van der Waals surface area contributed by atoms with E-state index in [1.165, 1.54) is 0 Å².